The number of carbonyl (C=O) groups excluding carboxylic acids is 2. The van der Waals surface area contributed by atoms with E-state index in [9.17, 15) is 9.59 Å². The molecule has 0 bridgehead atoms. The largest absolute Gasteiger partial charge is 0.366 e. The Morgan fingerprint density at radius 3 is 2.32 bits per heavy atom. The maximum absolute atomic E-state index is 11.9. The van der Waals surface area contributed by atoms with E-state index in [1.807, 2.05) is 12.1 Å². The first-order valence-corrected chi connectivity index (χ1v) is 6.24. The first kappa shape index (κ1) is 13.3. The summed E-state index contributed by atoms with van der Waals surface area (Å²) >= 11 is 3.32. The van der Waals surface area contributed by atoms with Crippen molar-refractivity contribution in [2.45, 2.75) is 0 Å². The molecule has 0 spiro atoms. The first-order valence-electron chi connectivity index (χ1n) is 5.45. The van der Waals surface area contributed by atoms with Crippen molar-refractivity contribution in [3.63, 3.8) is 0 Å². The minimum absolute atomic E-state index is 0.293. The zero-order chi connectivity index (χ0) is 13.8. The number of carbonyl (C=O) groups is 2. The normalized spacial score (nSPS) is 9.95. The van der Waals surface area contributed by atoms with E-state index in [-0.39, 0.29) is 5.91 Å². The lowest BCUT2D eigenvalue weighted by Gasteiger charge is -2.05. The van der Waals surface area contributed by atoms with E-state index in [1.54, 1.807) is 12.1 Å². The molecule has 0 atom stereocenters. The molecule has 0 heterocycles. The van der Waals surface area contributed by atoms with Crippen molar-refractivity contribution in [3.05, 3.63) is 64.1 Å². The van der Waals surface area contributed by atoms with E-state index in [0.717, 1.165) is 4.47 Å². The van der Waals surface area contributed by atoms with Crippen LogP contribution in [-0.2, 0) is 0 Å². The van der Waals surface area contributed by atoms with Crippen LogP contribution in [0.5, 0.6) is 0 Å². The molecule has 0 aliphatic heterocycles. The molecule has 0 fully saturated rings. The van der Waals surface area contributed by atoms with Crippen LogP contribution >= 0.6 is 15.9 Å². The van der Waals surface area contributed by atoms with Crippen molar-refractivity contribution in [1.82, 2.24) is 0 Å². The number of anilines is 1. The highest BCUT2D eigenvalue weighted by molar-refractivity contribution is 9.10. The lowest BCUT2D eigenvalue weighted by molar-refractivity contribution is 0.0995. The molecule has 4 nitrogen and oxygen atoms in total. The molecule has 0 saturated heterocycles. The van der Waals surface area contributed by atoms with E-state index in [2.05, 4.69) is 27.3 Å². The number of nitrogens with one attached hydrogen (secondary N) is 1. The third-order valence-corrected chi connectivity index (χ3v) is 2.97. The third kappa shape index (κ3) is 3.42. The van der Waals surface area contributed by atoms with Gasteiger partial charge in [0.05, 0.1) is 0 Å². The zero-order valence-corrected chi connectivity index (χ0v) is 11.4. The van der Waals surface area contributed by atoms with Crippen molar-refractivity contribution in [1.29, 1.82) is 0 Å². The van der Waals surface area contributed by atoms with E-state index in [1.165, 1.54) is 18.2 Å². The quantitative estimate of drug-likeness (QED) is 0.913. The number of benzene rings is 2. The molecule has 0 aliphatic carbocycles. The van der Waals surface area contributed by atoms with Gasteiger partial charge in [0.1, 0.15) is 0 Å². The number of primary amides is 1. The molecule has 0 saturated carbocycles. The zero-order valence-electron chi connectivity index (χ0n) is 9.81. The number of amides is 2. The summed E-state index contributed by atoms with van der Waals surface area (Å²) in [5.74, 6) is -0.838. The van der Waals surface area contributed by atoms with Crippen LogP contribution in [0.15, 0.2) is 46.9 Å². The van der Waals surface area contributed by atoms with Gasteiger partial charge in [0.2, 0.25) is 5.91 Å². The Bertz CT molecular complexity index is 606. The van der Waals surface area contributed by atoms with Gasteiger partial charge in [0.25, 0.3) is 5.91 Å². The molecule has 2 rings (SSSR count). The van der Waals surface area contributed by atoms with Gasteiger partial charge in [0.15, 0.2) is 0 Å². The number of hydrogen-bond acceptors (Lipinski definition) is 2. The molecule has 2 aromatic rings. The standard InChI is InChI=1S/C14H10BrN2O2/c15-11-5-7-12(8-6-11)17-14(19)10-3-1-9(2-4-10)13(16)18/h1-3,5-8H,(H2,16,18)(H,17,19). The van der Waals surface area contributed by atoms with Gasteiger partial charge in [-0.2, -0.15) is 0 Å². The van der Waals surface area contributed by atoms with Crippen molar-refractivity contribution in [2.75, 3.05) is 5.32 Å². The molecule has 1 radical (unpaired) electrons. The molecule has 0 aromatic heterocycles. The van der Waals surface area contributed by atoms with Crippen LogP contribution in [0.3, 0.4) is 0 Å². The van der Waals surface area contributed by atoms with E-state index in [0.29, 0.717) is 16.8 Å². The predicted molar refractivity (Wildman–Crippen MR) is 75.9 cm³/mol. The van der Waals surface area contributed by atoms with E-state index < -0.39 is 5.91 Å². The average Bonchev–Trinajstić information content (AvgIpc) is 2.41. The second kappa shape index (κ2) is 5.67. The number of halogens is 1. The highest BCUT2D eigenvalue weighted by atomic mass is 79.9. The van der Waals surface area contributed by atoms with Crippen LogP contribution in [0.4, 0.5) is 5.69 Å². The fourth-order valence-corrected chi connectivity index (χ4v) is 1.72. The third-order valence-electron chi connectivity index (χ3n) is 2.44. The molecule has 2 amide bonds. The van der Waals surface area contributed by atoms with Crippen LogP contribution in [0, 0.1) is 6.07 Å². The summed E-state index contributed by atoms with van der Waals surface area (Å²) in [4.78, 5) is 22.8. The Hall–Kier alpha value is -2.14. The van der Waals surface area contributed by atoms with Gasteiger partial charge < -0.3 is 11.1 Å². The van der Waals surface area contributed by atoms with Gasteiger partial charge >= 0.3 is 0 Å². The van der Waals surface area contributed by atoms with Gasteiger partial charge in [0, 0.05) is 21.3 Å². The van der Waals surface area contributed by atoms with Crippen LogP contribution < -0.4 is 11.1 Å². The molecule has 2 aromatic carbocycles. The lowest BCUT2D eigenvalue weighted by Crippen LogP contribution is -2.14. The fraction of sp³-hybridized carbons (Fsp3) is 0. The van der Waals surface area contributed by atoms with Gasteiger partial charge in [-0.25, -0.2) is 0 Å². The fourth-order valence-electron chi connectivity index (χ4n) is 1.45. The average molecular weight is 318 g/mol. The van der Waals surface area contributed by atoms with Gasteiger partial charge in [-0.15, -0.1) is 0 Å². The summed E-state index contributed by atoms with van der Waals surface area (Å²) < 4.78 is 0.933. The highest BCUT2D eigenvalue weighted by Gasteiger charge is 2.07. The monoisotopic (exact) mass is 317 g/mol. The minimum Gasteiger partial charge on any atom is -0.366 e. The van der Waals surface area contributed by atoms with Gasteiger partial charge in [-0.1, -0.05) is 15.9 Å². The Morgan fingerprint density at radius 1 is 1.11 bits per heavy atom. The molecule has 3 N–H and O–H groups in total. The van der Waals surface area contributed by atoms with Crippen LogP contribution in [0.2, 0.25) is 0 Å². The SMILES string of the molecule is NC(=O)c1c[c]c(C(=O)Nc2ccc(Br)cc2)cc1. The molecule has 0 aliphatic rings. The topological polar surface area (TPSA) is 72.2 Å². The van der Waals surface area contributed by atoms with Crippen LogP contribution in [-0.4, -0.2) is 11.8 Å². The number of nitrogens with two attached hydrogens (primary N) is 1. The molecular formula is C14H10BrN2O2. The summed E-state index contributed by atoms with van der Waals surface area (Å²) in [6.07, 6.45) is 0. The predicted octanol–water partition coefficient (Wildman–Crippen LogP) is 2.60. The Labute approximate surface area is 118 Å². The summed E-state index contributed by atoms with van der Waals surface area (Å²) in [6.45, 7) is 0. The number of hydrogen-bond donors (Lipinski definition) is 2. The van der Waals surface area contributed by atoms with Crippen molar-refractivity contribution >= 4 is 33.4 Å². The minimum atomic E-state index is -0.545. The second-order valence-electron chi connectivity index (χ2n) is 3.82. The molecule has 95 valence electrons. The van der Waals surface area contributed by atoms with Crippen molar-refractivity contribution < 1.29 is 9.59 Å². The summed E-state index contributed by atoms with van der Waals surface area (Å²) in [5, 5.41) is 2.73. The second-order valence-corrected chi connectivity index (χ2v) is 4.73. The van der Waals surface area contributed by atoms with Crippen molar-refractivity contribution in [3.8, 4) is 0 Å². The van der Waals surface area contributed by atoms with Gasteiger partial charge in [-0.3, -0.25) is 9.59 Å². The first-order chi connectivity index (χ1) is 9.06. The van der Waals surface area contributed by atoms with E-state index in [4.69, 9.17) is 5.73 Å². The van der Waals surface area contributed by atoms with Crippen molar-refractivity contribution in [2.24, 2.45) is 5.73 Å². The highest BCUT2D eigenvalue weighted by Crippen LogP contribution is 2.15. The smallest absolute Gasteiger partial charge is 0.256 e. The summed E-state index contributed by atoms with van der Waals surface area (Å²) in [5.41, 5.74) is 6.46. The Balaban J connectivity index is 2.11. The summed E-state index contributed by atoms with van der Waals surface area (Å²) in [7, 11) is 0. The van der Waals surface area contributed by atoms with Crippen LogP contribution in [0.25, 0.3) is 0 Å². The Morgan fingerprint density at radius 2 is 1.79 bits per heavy atom. The maximum atomic E-state index is 11.9. The molecule has 5 heteroatoms. The van der Waals surface area contributed by atoms with Crippen LogP contribution in [0.1, 0.15) is 20.7 Å². The maximum Gasteiger partial charge on any atom is 0.256 e. The van der Waals surface area contributed by atoms with Gasteiger partial charge in [-0.05, 0) is 48.5 Å². The Kier molecular flexibility index (Phi) is 3.97. The summed E-state index contributed by atoms with van der Waals surface area (Å²) in [6, 6.07) is 14.3. The lowest BCUT2D eigenvalue weighted by atomic mass is 10.1. The van der Waals surface area contributed by atoms with E-state index >= 15 is 0 Å². The molecule has 0 unspecified atom stereocenters. The number of rotatable bonds is 3. The molecular weight excluding hydrogens is 308 g/mol. The molecule has 19 heavy (non-hydrogen) atoms.